The number of rotatable bonds is 5. The second kappa shape index (κ2) is 14.8. The molecule has 0 saturated heterocycles. The van der Waals surface area contributed by atoms with E-state index in [2.05, 4.69) is 217 Å². The third kappa shape index (κ3) is 5.92. The van der Waals surface area contributed by atoms with Crippen LogP contribution in [0.2, 0.25) is 0 Å². The summed E-state index contributed by atoms with van der Waals surface area (Å²) in [4.78, 5) is 15.7. The Bertz CT molecular complexity index is 4600. The molecule has 0 radical (unpaired) electrons. The summed E-state index contributed by atoms with van der Waals surface area (Å²) in [5.74, 6) is 1.75. The predicted molar refractivity (Wildman–Crippen MR) is 289 cm³/mol. The Kier molecular flexibility index (Phi) is 8.17. The molecule has 4 heterocycles. The number of aromatic nitrogens is 4. The van der Waals surface area contributed by atoms with Crippen molar-refractivity contribution in [2.75, 3.05) is 0 Å². The predicted octanol–water partition coefficient (Wildman–Crippen LogP) is 17.4. The minimum absolute atomic E-state index is 0.552. The molecule has 0 aliphatic carbocycles. The van der Waals surface area contributed by atoms with E-state index in [0.29, 0.717) is 17.5 Å². The van der Waals surface area contributed by atoms with Crippen LogP contribution in [0, 0.1) is 0 Å². The zero-order valence-corrected chi connectivity index (χ0v) is 37.7. The molecule has 0 amide bonds. The summed E-state index contributed by atoms with van der Waals surface area (Å²) in [5, 5.41) is 14.1. The van der Waals surface area contributed by atoms with Gasteiger partial charge in [0.15, 0.2) is 17.5 Å². The lowest BCUT2D eigenvalue weighted by molar-refractivity contribution is 0.670. The average molecular weight is 897 g/mol. The van der Waals surface area contributed by atoms with Crippen molar-refractivity contribution >= 4 is 108 Å². The molecule has 0 aliphatic rings. The van der Waals surface area contributed by atoms with Crippen LogP contribution >= 0.6 is 11.3 Å². The molecule has 0 aliphatic heterocycles. The Balaban J connectivity index is 0.941. The Labute approximate surface area is 398 Å². The molecular weight excluding hydrogens is 861 g/mol. The molecule has 15 aromatic rings. The Morgan fingerprint density at radius 2 is 1.00 bits per heavy atom. The fraction of sp³-hybridized carbons (Fsp3) is 0. The number of furan rings is 1. The first-order valence-corrected chi connectivity index (χ1v) is 24.1. The van der Waals surface area contributed by atoms with Gasteiger partial charge in [0.1, 0.15) is 11.2 Å². The van der Waals surface area contributed by atoms with Crippen molar-refractivity contribution in [2.24, 2.45) is 0 Å². The number of thiophene rings is 1. The van der Waals surface area contributed by atoms with Crippen LogP contribution in [0.4, 0.5) is 0 Å². The lowest BCUT2D eigenvalue weighted by Gasteiger charge is -2.12. The van der Waals surface area contributed by atoms with Crippen molar-refractivity contribution in [3.8, 4) is 51.0 Å². The molecular formula is C63H36N4OS. The first kappa shape index (κ1) is 38.2. The van der Waals surface area contributed by atoms with E-state index in [-0.39, 0.29) is 0 Å². The summed E-state index contributed by atoms with van der Waals surface area (Å²) in [6.45, 7) is 0. The molecule has 69 heavy (non-hydrogen) atoms. The van der Waals surface area contributed by atoms with Crippen LogP contribution in [-0.2, 0) is 0 Å². The van der Waals surface area contributed by atoms with Gasteiger partial charge in [0.2, 0.25) is 0 Å². The van der Waals surface area contributed by atoms with Crippen molar-refractivity contribution in [3.63, 3.8) is 0 Å². The van der Waals surface area contributed by atoms with Crippen molar-refractivity contribution in [1.29, 1.82) is 0 Å². The monoisotopic (exact) mass is 896 g/mol. The van der Waals surface area contributed by atoms with E-state index in [9.17, 15) is 0 Å². The van der Waals surface area contributed by atoms with Gasteiger partial charge in [-0.15, -0.1) is 11.3 Å². The lowest BCUT2D eigenvalue weighted by atomic mass is 10.0. The second-order valence-corrected chi connectivity index (χ2v) is 19.0. The maximum atomic E-state index is 6.97. The van der Waals surface area contributed by atoms with E-state index in [1.165, 1.54) is 63.5 Å². The van der Waals surface area contributed by atoms with Gasteiger partial charge in [0.25, 0.3) is 0 Å². The normalized spacial score (nSPS) is 12.1. The number of nitrogens with zero attached hydrogens (tertiary/aromatic N) is 4. The van der Waals surface area contributed by atoms with Crippen LogP contribution in [-0.4, -0.2) is 19.5 Å². The maximum Gasteiger partial charge on any atom is 0.167 e. The van der Waals surface area contributed by atoms with Crippen LogP contribution in [0.25, 0.3) is 147 Å². The highest BCUT2D eigenvalue weighted by molar-refractivity contribution is 7.25. The van der Waals surface area contributed by atoms with E-state index < -0.39 is 0 Å². The lowest BCUT2D eigenvalue weighted by Crippen LogP contribution is -2.00. The Hall–Kier alpha value is -8.97. The first-order valence-electron chi connectivity index (χ1n) is 23.2. The van der Waals surface area contributed by atoms with Gasteiger partial charge in [0.05, 0.1) is 16.6 Å². The third-order valence-electron chi connectivity index (χ3n) is 14.0. The van der Waals surface area contributed by atoms with Gasteiger partial charge in [-0.3, -0.25) is 0 Å². The number of para-hydroxylation sites is 1. The topological polar surface area (TPSA) is 56.7 Å². The molecule has 320 valence electrons. The molecule has 0 spiro atoms. The molecule has 0 unspecified atom stereocenters. The molecule has 0 saturated carbocycles. The number of hydrogen-bond donors (Lipinski definition) is 0. The van der Waals surface area contributed by atoms with Crippen LogP contribution in [0.15, 0.2) is 223 Å². The average Bonchev–Trinajstić information content (AvgIpc) is 4.10. The minimum atomic E-state index is 0.552. The van der Waals surface area contributed by atoms with E-state index >= 15 is 0 Å². The molecule has 5 nitrogen and oxygen atoms in total. The van der Waals surface area contributed by atoms with Gasteiger partial charge >= 0.3 is 0 Å². The summed E-state index contributed by atoms with van der Waals surface area (Å²) >= 11 is 1.80. The maximum absolute atomic E-state index is 6.97. The molecule has 15 rings (SSSR count). The Morgan fingerprint density at radius 1 is 0.362 bits per heavy atom. The summed E-state index contributed by atoms with van der Waals surface area (Å²) in [6.07, 6.45) is 0. The van der Waals surface area contributed by atoms with E-state index in [1.807, 2.05) is 6.07 Å². The zero-order valence-electron chi connectivity index (χ0n) is 36.9. The fourth-order valence-electron chi connectivity index (χ4n) is 10.7. The molecule has 4 aromatic heterocycles. The van der Waals surface area contributed by atoms with Crippen molar-refractivity contribution < 1.29 is 4.42 Å². The van der Waals surface area contributed by atoms with E-state index in [1.54, 1.807) is 11.3 Å². The van der Waals surface area contributed by atoms with Crippen molar-refractivity contribution in [1.82, 2.24) is 19.5 Å². The summed E-state index contributed by atoms with van der Waals surface area (Å²) in [5.41, 5.74) is 9.94. The standard InChI is InChI=1S/C63H36N4OS/c1-2-11-37(12-3-1)38-21-23-41(24-22-38)61-64-62(44-28-32-57-53(34-44)47-17-8-9-20-56(47)69-57)66-63(65-61)50-19-10-18-49-58-51-36-45(29-25-40(51)27-31-55(58)68-60(49)50)67-54-35-43-15-5-4-14-42(43)33-52(54)48-30-26-39-13-6-7-16-46(39)59(48)67/h1-36H. The SMILES string of the molecule is c1ccc(-c2ccc(-c3nc(-c4ccc5sc6ccccc6c5c4)nc(-c4cccc5c4oc4ccc6ccc(-n7c8cc9ccccc9cc8c8ccc9ccccc9c87)cc6c45)n3)cc2)cc1. The van der Waals surface area contributed by atoms with Gasteiger partial charge < -0.3 is 8.98 Å². The van der Waals surface area contributed by atoms with Gasteiger partial charge in [-0.05, 0) is 98.7 Å². The molecule has 0 N–H and O–H groups in total. The quantitative estimate of drug-likeness (QED) is 0.173. The summed E-state index contributed by atoms with van der Waals surface area (Å²) in [6, 6.07) is 78.1. The number of fused-ring (bicyclic) bond motifs is 14. The van der Waals surface area contributed by atoms with Gasteiger partial charge in [0, 0.05) is 63.9 Å². The van der Waals surface area contributed by atoms with E-state index in [0.717, 1.165) is 66.2 Å². The number of hydrogen-bond acceptors (Lipinski definition) is 5. The van der Waals surface area contributed by atoms with Crippen LogP contribution < -0.4 is 0 Å². The van der Waals surface area contributed by atoms with Crippen molar-refractivity contribution in [3.05, 3.63) is 218 Å². The highest BCUT2D eigenvalue weighted by Gasteiger charge is 2.22. The number of benzene rings is 11. The minimum Gasteiger partial charge on any atom is -0.455 e. The van der Waals surface area contributed by atoms with Crippen molar-refractivity contribution in [2.45, 2.75) is 0 Å². The molecule has 0 fully saturated rings. The molecule has 0 bridgehead atoms. The van der Waals surface area contributed by atoms with Gasteiger partial charge in [-0.25, -0.2) is 15.0 Å². The molecule has 11 aromatic carbocycles. The van der Waals surface area contributed by atoms with Crippen LogP contribution in [0.5, 0.6) is 0 Å². The van der Waals surface area contributed by atoms with E-state index in [4.69, 9.17) is 19.4 Å². The van der Waals surface area contributed by atoms with Crippen LogP contribution in [0.1, 0.15) is 0 Å². The molecule has 6 heteroatoms. The third-order valence-corrected chi connectivity index (χ3v) is 15.2. The zero-order chi connectivity index (χ0) is 45.2. The summed E-state index contributed by atoms with van der Waals surface area (Å²) < 4.78 is 11.9. The highest BCUT2D eigenvalue weighted by atomic mass is 32.1. The largest absolute Gasteiger partial charge is 0.455 e. The molecule has 0 atom stereocenters. The second-order valence-electron chi connectivity index (χ2n) is 17.9. The Morgan fingerprint density at radius 3 is 1.87 bits per heavy atom. The fourth-order valence-corrected chi connectivity index (χ4v) is 11.8. The first-order chi connectivity index (χ1) is 34.2. The highest BCUT2D eigenvalue weighted by Crippen LogP contribution is 2.43. The van der Waals surface area contributed by atoms with Gasteiger partial charge in [-0.1, -0.05) is 158 Å². The summed E-state index contributed by atoms with van der Waals surface area (Å²) in [7, 11) is 0. The smallest absolute Gasteiger partial charge is 0.167 e. The van der Waals surface area contributed by atoms with Crippen LogP contribution in [0.3, 0.4) is 0 Å². The van der Waals surface area contributed by atoms with Gasteiger partial charge in [-0.2, -0.15) is 0 Å².